The minimum Gasteiger partial charge on any atom is -0.469 e. The molecule has 18 heavy (non-hydrogen) atoms. The number of halogens is 1. The monoisotopic (exact) mass is 262 g/mol. The molecule has 0 N–H and O–H groups in total. The fourth-order valence-corrected chi connectivity index (χ4v) is 2.52. The summed E-state index contributed by atoms with van der Waals surface area (Å²) in [6, 6.07) is 8.61. The molecule has 1 unspecified atom stereocenters. The van der Waals surface area contributed by atoms with Crippen molar-refractivity contribution in [2.45, 2.75) is 39.0 Å². The Labute approximate surface area is 114 Å². The van der Waals surface area contributed by atoms with Gasteiger partial charge in [-0.15, -0.1) is 11.6 Å². The highest BCUT2D eigenvalue weighted by Crippen LogP contribution is 2.33. The van der Waals surface area contributed by atoms with E-state index in [1.165, 1.54) is 16.7 Å². The molecule has 1 atom stereocenters. The first-order chi connectivity index (χ1) is 8.65. The molecule has 96 valence electrons. The minimum atomic E-state index is -0.121. The van der Waals surface area contributed by atoms with E-state index in [2.05, 4.69) is 32.0 Å². The third-order valence-electron chi connectivity index (χ3n) is 3.32. The van der Waals surface area contributed by atoms with Crippen molar-refractivity contribution in [3.05, 3.63) is 58.5 Å². The van der Waals surface area contributed by atoms with Crippen molar-refractivity contribution in [1.82, 2.24) is 0 Å². The Bertz CT molecular complexity index is 528. The lowest BCUT2D eigenvalue weighted by Gasteiger charge is -2.14. The number of furan rings is 1. The Morgan fingerprint density at radius 2 is 1.94 bits per heavy atom. The minimum absolute atomic E-state index is 0.121. The van der Waals surface area contributed by atoms with E-state index in [-0.39, 0.29) is 5.38 Å². The van der Waals surface area contributed by atoms with Crippen LogP contribution in [-0.2, 0) is 12.8 Å². The Morgan fingerprint density at radius 3 is 2.50 bits per heavy atom. The first kappa shape index (κ1) is 13.2. The lowest BCUT2D eigenvalue weighted by molar-refractivity contribution is 0.532. The van der Waals surface area contributed by atoms with Gasteiger partial charge >= 0.3 is 0 Å². The SMILES string of the molecule is CCc1ccc(CC)c(C(Cl)c2coc(C)c2)c1. The predicted molar refractivity (Wildman–Crippen MR) is 76.3 cm³/mol. The Kier molecular flexibility index (Phi) is 4.13. The highest BCUT2D eigenvalue weighted by molar-refractivity contribution is 6.22. The maximum atomic E-state index is 6.60. The summed E-state index contributed by atoms with van der Waals surface area (Å²) < 4.78 is 5.35. The second kappa shape index (κ2) is 5.62. The van der Waals surface area contributed by atoms with Gasteiger partial charge in [-0.2, -0.15) is 0 Å². The van der Waals surface area contributed by atoms with Crippen LogP contribution in [0.25, 0.3) is 0 Å². The van der Waals surface area contributed by atoms with Crippen LogP contribution in [0.3, 0.4) is 0 Å². The standard InChI is InChI=1S/C16H19ClO/c1-4-12-6-7-13(5-2)15(9-12)16(17)14-8-11(3)18-10-14/h6-10,16H,4-5H2,1-3H3. The summed E-state index contributed by atoms with van der Waals surface area (Å²) in [5.41, 5.74) is 4.88. The molecule has 0 aliphatic rings. The molecule has 1 heterocycles. The number of rotatable bonds is 4. The number of hydrogen-bond acceptors (Lipinski definition) is 1. The number of hydrogen-bond donors (Lipinski definition) is 0. The van der Waals surface area contributed by atoms with Crippen LogP contribution in [0.1, 0.15) is 47.2 Å². The smallest absolute Gasteiger partial charge is 0.101 e. The van der Waals surface area contributed by atoms with Gasteiger partial charge in [-0.05, 0) is 42.5 Å². The molecule has 0 aliphatic carbocycles. The molecule has 0 aliphatic heterocycles. The molecule has 1 aromatic carbocycles. The number of aryl methyl sites for hydroxylation is 3. The van der Waals surface area contributed by atoms with Gasteiger partial charge in [0.15, 0.2) is 0 Å². The second-order valence-electron chi connectivity index (χ2n) is 4.59. The van der Waals surface area contributed by atoms with E-state index in [1.807, 2.05) is 13.0 Å². The first-order valence-corrected chi connectivity index (χ1v) is 6.90. The average Bonchev–Trinajstić information content (AvgIpc) is 2.83. The van der Waals surface area contributed by atoms with Crippen molar-refractivity contribution in [2.24, 2.45) is 0 Å². The maximum absolute atomic E-state index is 6.60. The molecular formula is C16H19ClO. The van der Waals surface area contributed by atoms with Crippen LogP contribution in [0.4, 0.5) is 0 Å². The average molecular weight is 263 g/mol. The van der Waals surface area contributed by atoms with Crippen molar-refractivity contribution in [3.63, 3.8) is 0 Å². The van der Waals surface area contributed by atoms with Crippen molar-refractivity contribution in [3.8, 4) is 0 Å². The molecule has 0 spiro atoms. The maximum Gasteiger partial charge on any atom is 0.101 e. The number of alkyl halides is 1. The van der Waals surface area contributed by atoms with Crippen LogP contribution in [-0.4, -0.2) is 0 Å². The van der Waals surface area contributed by atoms with E-state index in [0.717, 1.165) is 24.2 Å². The summed E-state index contributed by atoms with van der Waals surface area (Å²) in [7, 11) is 0. The molecule has 0 saturated carbocycles. The van der Waals surface area contributed by atoms with Gasteiger partial charge in [-0.3, -0.25) is 0 Å². The van der Waals surface area contributed by atoms with Gasteiger partial charge in [0, 0.05) is 5.56 Å². The molecule has 2 heteroatoms. The summed E-state index contributed by atoms with van der Waals surface area (Å²) >= 11 is 6.60. The lowest BCUT2D eigenvalue weighted by Crippen LogP contribution is -1.99. The van der Waals surface area contributed by atoms with Crippen LogP contribution in [0.15, 0.2) is 34.9 Å². The van der Waals surface area contributed by atoms with Crippen LogP contribution >= 0.6 is 11.6 Å². The molecule has 0 bridgehead atoms. The van der Waals surface area contributed by atoms with Crippen molar-refractivity contribution >= 4 is 11.6 Å². The molecule has 0 fully saturated rings. The highest BCUT2D eigenvalue weighted by Gasteiger charge is 2.16. The zero-order chi connectivity index (χ0) is 13.1. The zero-order valence-corrected chi connectivity index (χ0v) is 11.9. The molecular weight excluding hydrogens is 244 g/mol. The van der Waals surface area contributed by atoms with E-state index in [0.29, 0.717) is 0 Å². The molecule has 1 nitrogen and oxygen atoms in total. The van der Waals surface area contributed by atoms with E-state index in [9.17, 15) is 0 Å². The van der Waals surface area contributed by atoms with E-state index in [4.69, 9.17) is 16.0 Å². The van der Waals surface area contributed by atoms with Gasteiger partial charge in [-0.1, -0.05) is 32.0 Å². The molecule has 0 saturated heterocycles. The van der Waals surface area contributed by atoms with Crippen LogP contribution in [0.2, 0.25) is 0 Å². The second-order valence-corrected chi connectivity index (χ2v) is 5.03. The summed E-state index contributed by atoms with van der Waals surface area (Å²) in [6.45, 7) is 6.26. The Hall–Kier alpha value is -1.21. The summed E-state index contributed by atoms with van der Waals surface area (Å²) in [4.78, 5) is 0. The first-order valence-electron chi connectivity index (χ1n) is 6.46. The van der Waals surface area contributed by atoms with Gasteiger partial charge < -0.3 is 4.42 Å². The Morgan fingerprint density at radius 1 is 1.17 bits per heavy atom. The van der Waals surface area contributed by atoms with Crippen LogP contribution in [0, 0.1) is 6.92 Å². The number of benzene rings is 1. The third kappa shape index (κ3) is 2.62. The summed E-state index contributed by atoms with van der Waals surface area (Å²) in [6.07, 6.45) is 3.79. The van der Waals surface area contributed by atoms with Gasteiger partial charge in [0.1, 0.15) is 5.76 Å². The van der Waals surface area contributed by atoms with Gasteiger partial charge in [0.05, 0.1) is 11.6 Å². The van der Waals surface area contributed by atoms with E-state index >= 15 is 0 Å². The molecule has 0 radical (unpaired) electrons. The zero-order valence-electron chi connectivity index (χ0n) is 11.2. The van der Waals surface area contributed by atoms with E-state index in [1.54, 1.807) is 6.26 Å². The van der Waals surface area contributed by atoms with Gasteiger partial charge in [0.2, 0.25) is 0 Å². The van der Waals surface area contributed by atoms with Crippen molar-refractivity contribution in [2.75, 3.05) is 0 Å². The van der Waals surface area contributed by atoms with Gasteiger partial charge in [-0.25, -0.2) is 0 Å². The fraction of sp³-hybridized carbons (Fsp3) is 0.375. The van der Waals surface area contributed by atoms with E-state index < -0.39 is 0 Å². The summed E-state index contributed by atoms with van der Waals surface area (Å²) in [5.74, 6) is 0.903. The fourth-order valence-electron chi connectivity index (χ4n) is 2.20. The molecule has 1 aromatic heterocycles. The predicted octanol–water partition coefficient (Wildman–Crippen LogP) is 5.04. The molecule has 2 aromatic rings. The van der Waals surface area contributed by atoms with Gasteiger partial charge in [0.25, 0.3) is 0 Å². The molecule has 0 amide bonds. The molecule has 2 rings (SSSR count). The lowest BCUT2D eigenvalue weighted by atomic mass is 9.96. The van der Waals surface area contributed by atoms with Crippen LogP contribution in [0.5, 0.6) is 0 Å². The highest BCUT2D eigenvalue weighted by atomic mass is 35.5. The third-order valence-corrected chi connectivity index (χ3v) is 3.80. The topological polar surface area (TPSA) is 13.1 Å². The van der Waals surface area contributed by atoms with Crippen molar-refractivity contribution in [1.29, 1.82) is 0 Å². The normalized spacial score (nSPS) is 12.7. The largest absolute Gasteiger partial charge is 0.469 e. The summed E-state index contributed by atoms with van der Waals surface area (Å²) in [5, 5.41) is -0.121. The van der Waals surface area contributed by atoms with Crippen molar-refractivity contribution < 1.29 is 4.42 Å². The quantitative estimate of drug-likeness (QED) is 0.704. The van der Waals surface area contributed by atoms with Crippen LogP contribution < -0.4 is 0 Å². The Balaban J connectivity index is 2.41.